The number of aliphatic hydroxyl groups is 1. The third-order valence-corrected chi connectivity index (χ3v) is 9.44. The van der Waals surface area contributed by atoms with Crippen LogP contribution in [0.25, 0.3) is 16.9 Å². The normalized spacial score (nSPS) is 29.8. The largest absolute Gasteiger partial charge is 0.395 e. The fourth-order valence-electron chi connectivity index (χ4n) is 7.88. The van der Waals surface area contributed by atoms with E-state index in [-0.39, 0.29) is 30.6 Å². The topological polar surface area (TPSA) is 126 Å². The smallest absolute Gasteiger partial charge is 0.351 e. The molecule has 1 aliphatic heterocycles. The Morgan fingerprint density at radius 3 is 2.36 bits per heavy atom. The molecule has 2 N–H and O–H groups in total. The van der Waals surface area contributed by atoms with Gasteiger partial charge < -0.3 is 9.67 Å². The zero-order valence-electron chi connectivity index (χ0n) is 22.5. The lowest BCUT2D eigenvalue weighted by Gasteiger charge is -2.51. The fourth-order valence-corrected chi connectivity index (χ4v) is 7.88. The fraction of sp³-hybridized carbons (Fsp3) is 0.621. The van der Waals surface area contributed by atoms with Gasteiger partial charge in [-0.25, -0.2) is 9.78 Å². The molecule has 3 fully saturated rings. The number of hydrogen-bond donors (Lipinski definition) is 2. The highest BCUT2D eigenvalue weighted by Gasteiger charge is 2.43. The highest BCUT2D eigenvalue weighted by atomic mass is 16.3. The molecule has 3 aliphatic rings. The zero-order chi connectivity index (χ0) is 27.1. The third-order valence-electron chi connectivity index (χ3n) is 9.44. The summed E-state index contributed by atoms with van der Waals surface area (Å²) < 4.78 is 2.62. The molecule has 0 amide bonds. The van der Waals surface area contributed by atoms with Crippen molar-refractivity contribution in [3.63, 3.8) is 0 Å². The third kappa shape index (κ3) is 4.89. The number of likely N-dealkylation sites (tertiary alicyclic amines) is 1. The van der Waals surface area contributed by atoms with E-state index in [0.717, 1.165) is 35.6 Å². The second kappa shape index (κ2) is 10.8. The van der Waals surface area contributed by atoms with Gasteiger partial charge >= 0.3 is 5.69 Å². The maximum Gasteiger partial charge on any atom is 0.351 e. The Bertz CT molecular complexity index is 1480. The highest BCUT2D eigenvalue weighted by molar-refractivity contribution is 5.75. The van der Waals surface area contributed by atoms with E-state index in [1.165, 1.54) is 44.9 Å². The summed E-state index contributed by atoms with van der Waals surface area (Å²) in [4.78, 5) is 47.4. The van der Waals surface area contributed by atoms with Crippen molar-refractivity contribution in [2.45, 2.75) is 95.3 Å². The quantitative estimate of drug-likeness (QED) is 0.515. The van der Waals surface area contributed by atoms with Crippen LogP contribution >= 0.6 is 0 Å². The van der Waals surface area contributed by atoms with Crippen LogP contribution in [0.5, 0.6) is 0 Å². The van der Waals surface area contributed by atoms with Crippen LogP contribution < -0.4 is 16.8 Å². The minimum Gasteiger partial charge on any atom is -0.395 e. The number of nitrogens with zero attached hydrogens (tertiary/aromatic N) is 5. The van der Waals surface area contributed by atoms with Gasteiger partial charge in [-0.2, -0.15) is 9.78 Å². The summed E-state index contributed by atoms with van der Waals surface area (Å²) in [5.74, 6) is 1.42. The van der Waals surface area contributed by atoms with Crippen LogP contribution in [0.4, 0.5) is 0 Å². The van der Waals surface area contributed by atoms with Gasteiger partial charge in [-0.3, -0.25) is 19.5 Å². The molecule has 6 rings (SSSR count). The molecule has 3 aromatic rings. The van der Waals surface area contributed by atoms with Crippen molar-refractivity contribution >= 4 is 11.0 Å². The van der Waals surface area contributed by atoms with Gasteiger partial charge in [0, 0.05) is 24.2 Å². The summed E-state index contributed by atoms with van der Waals surface area (Å²) in [5.41, 5.74) is -0.605. The molecule has 2 saturated carbocycles. The van der Waals surface area contributed by atoms with E-state index in [1.807, 2.05) is 24.3 Å². The van der Waals surface area contributed by atoms with Crippen LogP contribution in [0.15, 0.2) is 44.8 Å². The average Bonchev–Trinajstić information content (AvgIpc) is 3.11. The van der Waals surface area contributed by atoms with Crippen molar-refractivity contribution < 1.29 is 5.11 Å². The molecule has 10 nitrogen and oxygen atoms in total. The summed E-state index contributed by atoms with van der Waals surface area (Å²) in [6.45, 7) is 2.25. The van der Waals surface area contributed by atoms with Gasteiger partial charge in [0.2, 0.25) is 5.82 Å². The molecular formula is C29H38N6O4. The number of nitrogens with one attached hydrogen (secondary N) is 1. The van der Waals surface area contributed by atoms with E-state index in [4.69, 9.17) is 0 Å². The molecular weight excluding hydrogens is 496 g/mol. The molecule has 0 radical (unpaired) electrons. The van der Waals surface area contributed by atoms with E-state index in [2.05, 4.69) is 26.9 Å². The van der Waals surface area contributed by atoms with E-state index in [0.29, 0.717) is 23.5 Å². The molecule has 39 heavy (non-hydrogen) atoms. The summed E-state index contributed by atoms with van der Waals surface area (Å²) in [5, 5.41) is 14.6. The van der Waals surface area contributed by atoms with E-state index in [9.17, 15) is 19.5 Å². The number of aliphatic hydroxyl groups excluding tert-OH is 1. The first-order chi connectivity index (χ1) is 19.0. The lowest BCUT2D eigenvalue weighted by Crippen LogP contribution is -2.57. The van der Waals surface area contributed by atoms with Gasteiger partial charge in [0.1, 0.15) is 6.20 Å². The lowest BCUT2D eigenvalue weighted by molar-refractivity contribution is -0.0360. The van der Waals surface area contributed by atoms with Gasteiger partial charge in [-0.05, 0) is 62.5 Å². The maximum atomic E-state index is 14.0. The predicted octanol–water partition coefficient (Wildman–Crippen LogP) is 2.77. The number of H-pyrrole nitrogens is 1. The SMILES string of the molecule is CC[C@@H]1C[C@H](n2c(=O)c(-n3ncc(=O)[nH]c3=O)nc3ccccc32)C[C@H](CO)N1[C@@H]1C[C@@H]2CCCC[C@@H](C2)C1. The second-order valence-corrected chi connectivity index (χ2v) is 11.8. The van der Waals surface area contributed by atoms with Crippen LogP contribution in [0.3, 0.4) is 0 Å². The Morgan fingerprint density at radius 2 is 1.67 bits per heavy atom. The van der Waals surface area contributed by atoms with Crippen LogP contribution in [0.1, 0.15) is 77.2 Å². The molecule has 0 unspecified atom stereocenters. The number of rotatable bonds is 5. The van der Waals surface area contributed by atoms with Crippen LogP contribution in [0.2, 0.25) is 0 Å². The first kappa shape index (κ1) is 26.1. The van der Waals surface area contributed by atoms with Crippen LogP contribution in [-0.2, 0) is 0 Å². The molecule has 10 heteroatoms. The molecule has 0 spiro atoms. The number of fused-ring (bicyclic) bond motifs is 3. The molecule has 1 saturated heterocycles. The maximum absolute atomic E-state index is 14.0. The van der Waals surface area contributed by atoms with Crippen molar-refractivity contribution in [1.29, 1.82) is 0 Å². The number of para-hydroxylation sites is 2. The van der Waals surface area contributed by atoms with Gasteiger partial charge in [0.05, 0.1) is 17.6 Å². The lowest BCUT2D eigenvalue weighted by atomic mass is 9.75. The standard InChI is InChI=1S/C29H38N6O4/c1-2-20-14-22(15-23(17-36)33(20)21-12-18-7-3-4-8-19(11-18)13-21)34-25-10-6-5-9-24(25)31-27(28(34)38)35-29(39)32-26(37)16-30-35/h5-6,9-10,16,18-23,36H,2-4,7-8,11-15,17H2,1H3,(H,32,37,39)/t18-,19+,20-,21-,22+,23-/m1/s1. The summed E-state index contributed by atoms with van der Waals surface area (Å²) in [7, 11) is 0. The van der Waals surface area contributed by atoms with E-state index >= 15 is 0 Å². The van der Waals surface area contributed by atoms with Crippen molar-refractivity contribution in [2.75, 3.05) is 6.61 Å². The van der Waals surface area contributed by atoms with Crippen molar-refractivity contribution in [1.82, 2.24) is 29.2 Å². The number of piperidine rings is 1. The van der Waals surface area contributed by atoms with Gasteiger partial charge in [0.15, 0.2) is 0 Å². The van der Waals surface area contributed by atoms with Gasteiger partial charge in [0.25, 0.3) is 11.1 Å². The molecule has 2 bridgehead atoms. The molecule has 1 aromatic carbocycles. The van der Waals surface area contributed by atoms with Crippen LogP contribution in [0, 0.1) is 11.8 Å². The summed E-state index contributed by atoms with van der Waals surface area (Å²) in [6.07, 6.45) is 12.4. The number of benzene rings is 1. The molecule has 2 aromatic heterocycles. The molecule has 208 valence electrons. The number of aromatic nitrogens is 5. The Hall–Kier alpha value is -3.11. The van der Waals surface area contributed by atoms with Crippen LogP contribution in [-0.4, -0.2) is 59.1 Å². The van der Waals surface area contributed by atoms with Crippen molar-refractivity contribution in [2.24, 2.45) is 11.8 Å². The average molecular weight is 535 g/mol. The first-order valence-electron chi connectivity index (χ1n) is 14.5. The van der Waals surface area contributed by atoms with Gasteiger partial charge in [-0.15, -0.1) is 0 Å². The monoisotopic (exact) mass is 534 g/mol. The highest BCUT2D eigenvalue weighted by Crippen LogP contribution is 2.44. The molecule has 3 heterocycles. The Balaban J connectivity index is 1.40. The van der Waals surface area contributed by atoms with E-state index < -0.39 is 16.8 Å². The number of hydrogen-bond acceptors (Lipinski definition) is 7. The van der Waals surface area contributed by atoms with Crippen molar-refractivity contribution in [3.8, 4) is 5.82 Å². The van der Waals surface area contributed by atoms with Gasteiger partial charge in [-0.1, -0.05) is 44.7 Å². The zero-order valence-corrected chi connectivity index (χ0v) is 22.5. The minimum atomic E-state index is -0.804. The Morgan fingerprint density at radius 1 is 0.949 bits per heavy atom. The van der Waals surface area contributed by atoms with Crippen molar-refractivity contribution in [3.05, 3.63) is 61.7 Å². The Kier molecular flexibility index (Phi) is 7.24. The second-order valence-electron chi connectivity index (χ2n) is 11.8. The Labute approximate surface area is 226 Å². The minimum absolute atomic E-state index is 0.0460. The van der Waals surface area contributed by atoms with E-state index in [1.54, 1.807) is 4.57 Å². The summed E-state index contributed by atoms with van der Waals surface area (Å²) >= 11 is 0. The predicted molar refractivity (Wildman–Crippen MR) is 148 cm³/mol. The molecule has 2 aliphatic carbocycles. The first-order valence-corrected chi connectivity index (χ1v) is 14.5. The molecule has 6 atom stereocenters. The summed E-state index contributed by atoms with van der Waals surface area (Å²) in [6, 6.07) is 7.90. The number of aromatic amines is 1.